The first kappa shape index (κ1) is 20.5. The lowest BCUT2D eigenvalue weighted by molar-refractivity contribution is -0.132. The topological polar surface area (TPSA) is 70.5 Å². The van der Waals surface area contributed by atoms with Crippen LogP contribution in [0.5, 0.6) is 0 Å². The molecule has 0 radical (unpaired) electrons. The van der Waals surface area contributed by atoms with E-state index < -0.39 is 17.7 Å². The zero-order chi connectivity index (χ0) is 21.6. The summed E-state index contributed by atoms with van der Waals surface area (Å²) in [5, 5.41) is 11.5. The summed E-state index contributed by atoms with van der Waals surface area (Å²) in [6, 6.07) is 13.8. The minimum absolute atomic E-state index is 0.0664. The number of aliphatic hydroxyl groups excluding tert-OH is 1. The molecule has 0 bridgehead atoms. The lowest BCUT2D eigenvalue weighted by Crippen LogP contribution is -2.29. The molecule has 2 heterocycles. The third-order valence-corrected chi connectivity index (χ3v) is 6.78. The largest absolute Gasteiger partial charge is 0.507 e. The van der Waals surface area contributed by atoms with Gasteiger partial charge in [0.1, 0.15) is 5.76 Å². The van der Waals surface area contributed by atoms with Gasteiger partial charge in [-0.05, 0) is 38.5 Å². The van der Waals surface area contributed by atoms with Gasteiger partial charge in [-0.3, -0.25) is 14.5 Å². The molecule has 3 aromatic rings. The van der Waals surface area contributed by atoms with Crippen molar-refractivity contribution in [2.45, 2.75) is 26.8 Å². The maximum atomic E-state index is 13.1. The summed E-state index contributed by atoms with van der Waals surface area (Å²) in [5.41, 5.74) is 3.12. The van der Waals surface area contributed by atoms with Crippen molar-refractivity contribution in [3.63, 3.8) is 0 Å². The van der Waals surface area contributed by atoms with E-state index in [4.69, 9.17) is 0 Å². The molecule has 2 aromatic carbocycles. The fraction of sp³-hybridized carbons (Fsp3) is 0.174. The van der Waals surface area contributed by atoms with Crippen LogP contribution in [0, 0.1) is 20.8 Å². The van der Waals surface area contributed by atoms with Crippen LogP contribution >= 0.6 is 27.3 Å². The van der Waals surface area contributed by atoms with Crippen LogP contribution in [0.25, 0.3) is 5.76 Å². The van der Waals surface area contributed by atoms with Crippen molar-refractivity contribution in [3.8, 4) is 0 Å². The van der Waals surface area contributed by atoms with E-state index in [2.05, 4.69) is 20.9 Å². The number of hydrogen-bond donors (Lipinski definition) is 1. The van der Waals surface area contributed by atoms with Crippen molar-refractivity contribution in [3.05, 3.63) is 85.8 Å². The average molecular weight is 483 g/mol. The smallest absolute Gasteiger partial charge is 0.301 e. The number of aliphatic hydroxyl groups is 1. The maximum Gasteiger partial charge on any atom is 0.301 e. The lowest BCUT2D eigenvalue weighted by atomic mass is 9.95. The summed E-state index contributed by atoms with van der Waals surface area (Å²) in [5.74, 6) is -1.59. The number of amides is 1. The van der Waals surface area contributed by atoms with Crippen LogP contribution in [0.3, 0.4) is 0 Å². The van der Waals surface area contributed by atoms with Crippen LogP contribution in [0.4, 0.5) is 5.13 Å². The molecular weight excluding hydrogens is 464 g/mol. The molecule has 1 N–H and O–H groups in total. The number of Topliss-reactive ketones (excluding diaryl/α,β-unsaturated/α-hetero) is 1. The molecule has 1 unspecified atom stereocenters. The quantitative estimate of drug-likeness (QED) is 0.305. The van der Waals surface area contributed by atoms with Gasteiger partial charge in [-0.15, -0.1) is 11.3 Å². The Hall–Kier alpha value is -2.77. The molecular formula is C23H19BrN2O3S. The molecule has 30 heavy (non-hydrogen) atoms. The summed E-state index contributed by atoms with van der Waals surface area (Å²) >= 11 is 4.78. The second kappa shape index (κ2) is 7.81. The molecule has 1 aliphatic rings. The molecule has 1 aromatic heterocycles. The summed E-state index contributed by atoms with van der Waals surface area (Å²) in [7, 11) is 0. The molecule has 5 nitrogen and oxygen atoms in total. The van der Waals surface area contributed by atoms with Crippen molar-refractivity contribution in [1.29, 1.82) is 0 Å². The van der Waals surface area contributed by atoms with Crippen molar-refractivity contribution in [2.75, 3.05) is 4.90 Å². The van der Waals surface area contributed by atoms with Gasteiger partial charge < -0.3 is 5.11 Å². The second-order valence-corrected chi connectivity index (χ2v) is 9.32. The summed E-state index contributed by atoms with van der Waals surface area (Å²) < 4.78 is 0.877. The SMILES string of the molecule is Cc1ccc(C(O)=C2C(=O)C(=O)N(c3nc(C)c(C)s3)C2c2ccc(Br)cc2)cc1. The number of aromatic nitrogens is 1. The van der Waals surface area contributed by atoms with Gasteiger partial charge in [0.25, 0.3) is 5.78 Å². The molecule has 1 fully saturated rings. The number of rotatable bonds is 3. The van der Waals surface area contributed by atoms with Gasteiger partial charge in [0, 0.05) is 14.9 Å². The van der Waals surface area contributed by atoms with Crippen LogP contribution < -0.4 is 4.90 Å². The van der Waals surface area contributed by atoms with Gasteiger partial charge in [-0.25, -0.2) is 4.98 Å². The highest BCUT2D eigenvalue weighted by molar-refractivity contribution is 9.10. The normalized spacial score (nSPS) is 18.3. The Bertz CT molecular complexity index is 1160. The number of halogens is 1. The first-order valence-corrected chi connectivity index (χ1v) is 11.0. The van der Waals surface area contributed by atoms with Crippen molar-refractivity contribution in [2.24, 2.45) is 0 Å². The van der Waals surface area contributed by atoms with Gasteiger partial charge in [-0.1, -0.05) is 57.9 Å². The number of carbonyl (C=O) groups excluding carboxylic acids is 2. The Labute approximate surface area is 186 Å². The molecule has 1 amide bonds. The van der Waals surface area contributed by atoms with Crippen molar-refractivity contribution < 1.29 is 14.7 Å². The molecule has 4 rings (SSSR count). The third kappa shape index (κ3) is 3.48. The van der Waals surface area contributed by atoms with E-state index in [1.807, 2.05) is 57.2 Å². The number of thiazole rings is 1. The zero-order valence-electron chi connectivity index (χ0n) is 16.6. The van der Waals surface area contributed by atoms with Crippen LogP contribution in [-0.2, 0) is 9.59 Å². The van der Waals surface area contributed by atoms with Gasteiger partial charge in [0.05, 0.1) is 17.3 Å². The van der Waals surface area contributed by atoms with E-state index in [0.717, 1.165) is 26.2 Å². The first-order valence-electron chi connectivity index (χ1n) is 9.35. The molecule has 0 saturated carbocycles. The van der Waals surface area contributed by atoms with Crippen LogP contribution in [-0.4, -0.2) is 21.8 Å². The highest BCUT2D eigenvalue weighted by Gasteiger charge is 2.48. The fourth-order valence-corrected chi connectivity index (χ4v) is 4.62. The number of ketones is 1. The Morgan fingerprint density at radius 3 is 2.23 bits per heavy atom. The van der Waals surface area contributed by atoms with Gasteiger partial charge in [0.15, 0.2) is 5.13 Å². The van der Waals surface area contributed by atoms with Crippen molar-refractivity contribution >= 4 is 49.8 Å². The number of anilines is 1. The van der Waals surface area contributed by atoms with Gasteiger partial charge in [0.2, 0.25) is 0 Å². The lowest BCUT2D eigenvalue weighted by Gasteiger charge is -2.23. The number of nitrogens with zero attached hydrogens (tertiary/aromatic N) is 2. The summed E-state index contributed by atoms with van der Waals surface area (Å²) in [6.07, 6.45) is 0. The van der Waals surface area contributed by atoms with E-state index in [0.29, 0.717) is 10.7 Å². The number of aryl methyl sites for hydroxylation is 3. The van der Waals surface area contributed by atoms with Crippen molar-refractivity contribution in [1.82, 2.24) is 4.98 Å². The Morgan fingerprint density at radius 2 is 1.67 bits per heavy atom. The standard InChI is InChI=1S/C23H19BrN2O3S/c1-12-4-6-16(7-5-12)20(27)18-19(15-8-10-17(24)11-9-15)26(22(29)21(18)28)23-25-13(2)14(3)30-23/h4-11,19,27H,1-3H3. The van der Waals surface area contributed by atoms with Gasteiger partial charge in [-0.2, -0.15) is 0 Å². The number of benzene rings is 2. The Morgan fingerprint density at radius 1 is 1.03 bits per heavy atom. The molecule has 0 aliphatic carbocycles. The summed E-state index contributed by atoms with van der Waals surface area (Å²) in [4.78, 5) is 33.0. The third-order valence-electron chi connectivity index (χ3n) is 5.18. The highest BCUT2D eigenvalue weighted by atomic mass is 79.9. The average Bonchev–Trinajstić information content (AvgIpc) is 3.18. The first-order chi connectivity index (χ1) is 14.3. The van der Waals surface area contributed by atoms with E-state index >= 15 is 0 Å². The van der Waals surface area contributed by atoms with Crippen LogP contribution in [0.15, 0.2) is 58.6 Å². The Kier molecular flexibility index (Phi) is 5.34. The zero-order valence-corrected chi connectivity index (χ0v) is 19.0. The van der Waals surface area contributed by atoms with Crippen LogP contribution in [0.1, 0.15) is 33.3 Å². The molecule has 1 aliphatic heterocycles. The monoisotopic (exact) mass is 482 g/mol. The maximum absolute atomic E-state index is 13.1. The highest BCUT2D eigenvalue weighted by Crippen LogP contribution is 2.43. The van der Waals surface area contributed by atoms with Gasteiger partial charge >= 0.3 is 5.91 Å². The predicted octanol–water partition coefficient (Wildman–Crippen LogP) is 5.46. The molecule has 1 saturated heterocycles. The van der Waals surface area contributed by atoms with E-state index in [1.54, 1.807) is 12.1 Å². The minimum atomic E-state index is -0.760. The van der Waals surface area contributed by atoms with E-state index in [-0.39, 0.29) is 11.3 Å². The molecule has 0 spiro atoms. The molecule has 152 valence electrons. The summed E-state index contributed by atoms with van der Waals surface area (Å²) in [6.45, 7) is 5.73. The molecule has 7 heteroatoms. The van der Waals surface area contributed by atoms with Crippen LogP contribution in [0.2, 0.25) is 0 Å². The second-order valence-electron chi connectivity index (χ2n) is 7.22. The minimum Gasteiger partial charge on any atom is -0.507 e. The predicted molar refractivity (Wildman–Crippen MR) is 122 cm³/mol. The molecule has 1 atom stereocenters. The fourth-order valence-electron chi connectivity index (χ4n) is 3.42. The number of carbonyl (C=O) groups is 2. The van der Waals surface area contributed by atoms with E-state index in [1.165, 1.54) is 16.2 Å². The number of hydrogen-bond acceptors (Lipinski definition) is 5. The Balaban J connectivity index is 1.94. The van der Waals surface area contributed by atoms with E-state index in [9.17, 15) is 14.7 Å².